The van der Waals surface area contributed by atoms with Crippen molar-refractivity contribution in [2.75, 3.05) is 13.2 Å². The predicted octanol–water partition coefficient (Wildman–Crippen LogP) is 3.49. The van der Waals surface area contributed by atoms with Gasteiger partial charge in [0.15, 0.2) is 0 Å². The Hall–Kier alpha value is -0.280. The fourth-order valence-corrected chi connectivity index (χ4v) is 1.87. The van der Waals surface area contributed by atoms with Crippen LogP contribution in [0.5, 0.6) is 0 Å². The van der Waals surface area contributed by atoms with E-state index < -0.39 is 0 Å². The Labute approximate surface area is 113 Å². The first kappa shape index (κ1) is 14.8. The van der Waals surface area contributed by atoms with Gasteiger partial charge in [0.25, 0.3) is 0 Å². The molecule has 1 unspecified atom stereocenters. The Bertz CT molecular complexity index is 344. The normalized spacial score (nSPS) is 12.7. The van der Waals surface area contributed by atoms with Crippen molar-refractivity contribution < 1.29 is 5.11 Å². The van der Waals surface area contributed by atoms with E-state index in [1.54, 1.807) is 0 Å². The molecule has 0 radical (unpaired) electrons. The van der Waals surface area contributed by atoms with Gasteiger partial charge in [0.05, 0.1) is 10.0 Å². The smallest absolute Gasteiger partial charge is 0.0595 e. The SMILES string of the molecule is CC(CO)CCCNCc1ccc(Cl)c(Cl)c1. The van der Waals surface area contributed by atoms with Gasteiger partial charge in [-0.15, -0.1) is 0 Å². The van der Waals surface area contributed by atoms with Crippen LogP contribution < -0.4 is 5.32 Å². The van der Waals surface area contributed by atoms with E-state index in [2.05, 4.69) is 12.2 Å². The van der Waals surface area contributed by atoms with Gasteiger partial charge in [-0.1, -0.05) is 36.2 Å². The first-order valence-electron chi connectivity index (χ1n) is 5.89. The molecule has 0 aliphatic rings. The number of benzene rings is 1. The Balaban J connectivity index is 2.20. The first-order chi connectivity index (χ1) is 8.13. The minimum Gasteiger partial charge on any atom is -0.396 e. The number of aliphatic hydroxyl groups excluding tert-OH is 1. The van der Waals surface area contributed by atoms with Crippen LogP contribution in [0.4, 0.5) is 0 Å². The molecule has 0 aliphatic heterocycles. The molecule has 2 nitrogen and oxygen atoms in total. The third kappa shape index (κ3) is 5.73. The molecule has 0 spiro atoms. The van der Waals surface area contributed by atoms with Gasteiger partial charge in [-0.05, 0) is 43.0 Å². The highest BCUT2D eigenvalue weighted by molar-refractivity contribution is 6.42. The highest BCUT2D eigenvalue weighted by Gasteiger charge is 2.00. The number of hydrogen-bond donors (Lipinski definition) is 2. The average molecular weight is 276 g/mol. The highest BCUT2D eigenvalue weighted by atomic mass is 35.5. The summed E-state index contributed by atoms with van der Waals surface area (Å²) in [4.78, 5) is 0. The maximum atomic E-state index is 8.88. The summed E-state index contributed by atoms with van der Waals surface area (Å²) in [5.74, 6) is 0.391. The van der Waals surface area contributed by atoms with E-state index in [9.17, 15) is 0 Å². The largest absolute Gasteiger partial charge is 0.396 e. The second-order valence-corrected chi connectivity index (χ2v) is 5.17. The van der Waals surface area contributed by atoms with Gasteiger partial charge in [-0.3, -0.25) is 0 Å². The van der Waals surface area contributed by atoms with Crippen molar-refractivity contribution in [1.82, 2.24) is 5.32 Å². The molecule has 1 aromatic rings. The van der Waals surface area contributed by atoms with E-state index >= 15 is 0 Å². The highest BCUT2D eigenvalue weighted by Crippen LogP contribution is 2.22. The van der Waals surface area contributed by atoms with Crippen molar-refractivity contribution in [2.24, 2.45) is 5.92 Å². The molecule has 0 fully saturated rings. The zero-order valence-electron chi connectivity index (χ0n) is 10.0. The van der Waals surface area contributed by atoms with Crippen LogP contribution in [0.15, 0.2) is 18.2 Å². The minimum atomic E-state index is 0.271. The molecule has 0 saturated carbocycles. The summed E-state index contributed by atoms with van der Waals surface area (Å²) in [7, 11) is 0. The van der Waals surface area contributed by atoms with Crippen molar-refractivity contribution in [3.63, 3.8) is 0 Å². The Morgan fingerprint density at radius 1 is 1.29 bits per heavy atom. The molecule has 0 aliphatic carbocycles. The molecule has 1 atom stereocenters. The maximum absolute atomic E-state index is 8.88. The van der Waals surface area contributed by atoms with Gasteiger partial charge in [0.1, 0.15) is 0 Å². The van der Waals surface area contributed by atoms with Crippen molar-refractivity contribution in [2.45, 2.75) is 26.3 Å². The second kappa shape index (κ2) is 7.93. The van der Waals surface area contributed by atoms with Crippen LogP contribution in [0.3, 0.4) is 0 Å². The third-order valence-corrected chi connectivity index (χ3v) is 3.41. The van der Waals surface area contributed by atoms with Gasteiger partial charge < -0.3 is 10.4 Å². The van der Waals surface area contributed by atoms with Crippen LogP contribution in [0.1, 0.15) is 25.3 Å². The lowest BCUT2D eigenvalue weighted by Gasteiger charge is -2.08. The van der Waals surface area contributed by atoms with E-state index in [1.165, 1.54) is 0 Å². The van der Waals surface area contributed by atoms with Crippen LogP contribution in [0.25, 0.3) is 0 Å². The summed E-state index contributed by atoms with van der Waals surface area (Å²) in [6, 6.07) is 5.67. The van der Waals surface area contributed by atoms with Gasteiger partial charge in [0, 0.05) is 13.2 Å². The van der Waals surface area contributed by atoms with E-state index in [4.69, 9.17) is 28.3 Å². The number of aliphatic hydroxyl groups is 1. The Kier molecular flexibility index (Phi) is 6.90. The molecule has 1 aromatic carbocycles. The van der Waals surface area contributed by atoms with Crippen molar-refractivity contribution >= 4 is 23.2 Å². The molecule has 0 saturated heterocycles. The molecular weight excluding hydrogens is 257 g/mol. The topological polar surface area (TPSA) is 32.3 Å². The summed E-state index contributed by atoms with van der Waals surface area (Å²) >= 11 is 11.8. The van der Waals surface area contributed by atoms with E-state index in [1.807, 2.05) is 18.2 Å². The lowest BCUT2D eigenvalue weighted by Crippen LogP contribution is -2.16. The standard InChI is InChI=1S/C13H19Cl2NO/c1-10(9-17)3-2-6-16-8-11-4-5-12(14)13(15)7-11/h4-5,7,10,16-17H,2-3,6,8-9H2,1H3. The molecule has 17 heavy (non-hydrogen) atoms. The summed E-state index contributed by atoms with van der Waals surface area (Å²) in [6.07, 6.45) is 2.12. The molecule has 96 valence electrons. The molecular formula is C13H19Cl2NO. The number of hydrogen-bond acceptors (Lipinski definition) is 2. The Morgan fingerprint density at radius 2 is 2.06 bits per heavy atom. The zero-order valence-corrected chi connectivity index (χ0v) is 11.6. The van der Waals surface area contributed by atoms with Gasteiger partial charge in [-0.25, -0.2) is 0 Å². The van der Waals surface area contributed by atoms with Crippen LogP contribution >= 0.6 is 23.2 Å². The fourth-order valence-electron chi connectivity index (χ4n) is 1.55. The van der Waals surface area contributed by atoms with Gasteiger partial charge >= 0.3 is 0 Å². The molecule has 4 heteroatoms. The van der Waals surface area contributed by atoms with Crippen molar-refractivity contribution in [3.8, 4) is 0 Å². The van der Waals surface area contributed by atoms with Gasteiger partial charge in [0.2, 0.25) is 0 Å². The molecule has 1 rings (SSSR count). The third-order valence-electron chi connectivity index (χ3n) is 2.68. The van der Waals surface area contributed by atoms with Crippen LogP contribution in [0.2, 0.25) is 10.0 Å². The predicted molar refractivity (Wildman–Crippen MR) is 73.7 cm³/mol. The second-order valence-electron chi connectivity index (χ2n) is 4.36. The lowest BCUT2D eigenvalue weighted by molar-refractivity contribution is 0.228. The van der Waals surface area contributed by atoms with E-state index in [0.29, 0.717) is 16.0 Å². The zero-order chi connectivity index (χ0) is 12.7. The monoisotopic (exact) mass is 275 g/mol. The number of halogens is 2. The lowest BCUT2D eigenvalue weighted by atomic mass is 10.1. The van der Waals surface area contributed by atoms with Gasteiger partial charge in [-0.2, -0.15) is 0 Å². The summed E-state index contributed by atoms with van der Waals surface area (Å²) in [5, 5.41) is 13.4. The van der Waals surface area contributed by atoms with Crippen molar-refractivity contribution in [3.05, 3.63) is 33.8 Å². The number of rotatable bonds is 7. The summed E-state index contributed by atoms with van der Waals surface area (Å²) in [5.41, 5.74) is 1.13. The fraction of sp³-hybridized carbons (Fsp3) is 0.538. The first-order valence-corrected chi connectivity index (χ1v) is 6.64. The molecule has 0 heterocycles. The van der Waals surface area contributed by atoms with Crippen LogP contribution in [-0.2, 0) is 6.54 Å². The summed E-state index contributed by atoms with van der Waals surface area (Å²) < 4.78 is 0. The molecule has 0 aromatic heterocycles. The van der Waals surface area contributed by atoms with Crippen LogP contribution in [-0.4, -0.2) is 18.3 Å². The number of nitrogens with one attached hydrogen (secondary N) is 1. The molecule has 0 amide bonds. The van der Waals surface area contributed by atoms with E-state index in [0.717, 1.165) is 31.5 Å². The average Bonchev–Trinajstić information content (AvgIpc) is 2.33. The quantitative estimate of drug-likeness (QED) is 0.747. The van der Waals surface area contributed by atoms with Crippen LogP contribution in [0, 0.1) is 5.92 Å². The van der Waals surface area contributed by atoms with Crippen molar-refractivity contribution in [1.29, 1.82) is 0 Å². The maximum Gasteiger partial charge on any atom is 0.0595 e. The summed E-state index contributed by atoms with van der Waals surface area (Å²) in [6.45, 7) is 4.07. The Morgan fingerprint density at radius 3 is 2.71 bits per heavy atom. The minimum absolute atomic E-state index is 0.271. The molecule has 2 N–H and O–H groups in total. The van der Waals surface area contributed by atoms with E-state index in [-0.39, 0.29) is 6.61 Å². The molecule has 0 bridgehead atoms.